The van der Waals surface area contributed by atoms with E-state index in [4.69, 9.17) is 0 Å². The molecule has 0 rings (SSSR count). The fourth-order valence-corrected chi connectivity index (χ4v) is 0.929. The highest BCUT2D eigenvalue weighted by molar-refractivity contribution is 7.97. The third-order valence-corrected chi connectivity index (χ3v) is 1.25. The summed E-state index contributed by atoms with van der Waals surface area (Å²) in [5.74, 6) is -0.400. The number of rotatable bonds is 2. The van der Waals surface area contributed by atoms with E-state index in [0.717, 1.165) is 0 Å². The molecule has 0 amide bonds. The van der Waals surface area contributed by atoms with Crippen LogP contribution in [0.2, 0.25) is 0 Å². The molecule has 0 bridgehead atoms. The second kappa shape index (κ2) is 2.96. The number of hydrogen-bond donors (Lipinski definition) is 1. The minimum absolute atomic E-state index is 0.283. The van der Waals surface area contributed by atoms with Crippen molar-refractivity contribution in [2.75, 3.05) is 12.5 Å². The van der Waals surface area contributed by atoms with Crippen molar-refractivity contribution >= 4 is 16.2 Å². The molecular weight excluding hydrogens is 140 g/mol. The second-order valence-corrected chi connectivity index (χ2v) is 4.76. The highest BCUT2D eigenvalue weighted by atomic mass is 32.3. The number of thiol groups is 1. The molecular formula is C5H12O3S. The number of carbonyl (C=O) groups is 1. The Bertz CT molecular complexity index is 146. The number of hydrogen-bond acceptors (Lipinski definition) is 3. The summed E-state index contributed by atoms with van der Waals surface area (Å²) >= 11 is 0. The molecule has 0 atom stereocenters. The van der Waals surface area contributed by atoms with E-state index < -0.39 is 16.2 Å². The average molecular weight is 152 g/mol. The minimum Gasteiger partial charge on any atom is -0.360 e. The van der Waals surface area contributed by atoms with E-state index in [1.54, 1.807) is 6.92 Å². The van der Waals surface area contributed by atoms with Gasteiger partial charge in [-0.15, -0.1) is 0 Å². The average Bonchev–Trinajstić information content (AvgIpc) is 1.62. The van der Waals surface area contributed by atoms with Crippen molar-refractivity contribution in [2.45, 2.75) is 13.3 Å². The Hall–Kier alpha value is -0.380. The van der Waals surface area contributed by atoms with Gasteiger partial charge in [0.2, 0.25) is 0 Å². The smallest absolute Gasteiger partial charge is 0.326 e. The van der Waals surface area contributed by atoms with Gasteiger partial charge in [0.25, 0.3) is 0 Å². The monoisotopic (exact) mass is 152 g/mol. The molecule has 0 fully saturated rings. The summed E-state index contributed by atoms with van der Waals surface area (Å²) in [6, 6.07) is 0. The Morgan fingerprint density at radius 3 is 2.11 bits per heavy atom. The van der Waals surface area contributed by atoms with E-state index in [1.165, 1.54) is 12.5 Å². The standard InChI is InChI=1S/C5H12O3S/c1-4-5(6)8-9(2,3)7/h9H,4H2,1-3H3. The molecule has 0 unspecified atom stereocenters. The molecule has 3 nitrogen and oxygen atoms in total. The van der Waals surface area contributed by atoms with Crippen molar-refractivity contribution in [3.05, 3.63) is 0 Å². The van der Waals surface area contributed by atoms with Crippen molar-refractivity contribution in [1.82, 2.24) is 0 Å². The lowest BCUT2D eigenvalue weighted by Crippen LogP contribution is -2.15. The van der Waals surface area contributed by atoms with Gasteiger partial charge in [-0.3, -0.25) is 4.79 Å². The third-order valence-electron chi connectivity index (χ3n) is 0.610. The van der Waals surface area contributed by atoms with Crippen LogP contribution < -0.4 is 0 Å². The van der Waals surface area contributed by atoms with Gasteiger partial charge in [0.15, 0.2) is 0 Å². The molecule has 56 valence electrons. The predicted molar refractivity (Wildman–Crippen MR) is 37.8 cm³/mol. The normalized spacial score (nSPS) is 12.8. The van der Waals surface area contributed by atoms with E-state index >= 15 is 0 Å². The molecule has 0 aliphatic heterocycles. The van der Waals surface area contributed by atoms with Gasteiger partial charge in [0, 0.05) is 18.9 Å². The van der Waals surface area contributed by atoms with Crippen molar-refractivity contribution in [3.8, 4) is 0 Å². The maximum absolute atomic E-state index is 10.7. The van der Waals surface area contributed by atoms with E-state index in [0.29, 0.717) is 0 Å². The molecule has 0 radical (unpaired) electrons. The molecule has 4 heteroatoms. The molecule has 0 saturated heterocycles. The van der Waals surface area contributed by atoms with E-state index in [1.807, 2.05) is 0 Å². The fourth-order valence-electron chi connectivity index (χ4n) is 0.310. The summed E-state index contributed by atoms with van der Waals surface area (Å²) in [5.41, 5.74) is 0. The first kappa shape index (κ1) is 8.62. The Morgan fingerprint density at radius 1 is 1.56 bits per heavy atom. The summed E-state index contributed by atoms with van der Waals surface area (Å²) in [7, 11) is -2.59. The Morgan fingerprint density at radius 2 is 2.00 bits per heavy atom. The lowest BCUT2D eigenvalue weighted by Gasteiger charge is -2.16. The molecule has 0 heterocycles. The second-order valence-electron chi connectivity index (χ2n) is 2.07. The first-order valence-electron chi connectivity index (χ1n) is 2.73. The zero-order valence-electron chi connectivity index (χ0n) is 5.88. The quantitative estimate of drug-likeness (QED) is 0.572. The van der Waals surface area contributed by atoms with Crippen LogP contribution >= 0.6 is 0 Å². The van der Waals surface area contributed by atoms with E-state index in [-0.39, 0.29) is 6.42 Å². The minimum atomic E-state index is -2.59. The SMILES string of the molecule is CCC(=O)O[SH](C)(C)=O. The lowest BCUT2D eigenvalue weighted by molar-refractivity contribution is -0.133. The lowest BCUT2D eigenvalue weighted by atomic mass is 10.5. The first-order valence-corrected chi connectivity index (χ1v) is 5.25. The largest absolute Gasteiger partial charge is 0.360 e. The maximum atomic E-state index is 10.7. The molecule has 0 N–H and O–H groups in total. The Kier molecular flexibility index (Phi) is 2.84. The molecule has 0 aromatic rings. The molecule has 0 aromatic heterocycles. The van der Waals surface area contributed by atoms with E-state index in [9.17, 15) is 9.00 Å². The van der Waals surface area contributed by atoms with Crippen molar-refractivity contribution in [2.24, 2.45) is 0 Å². The summed E-state index contributed by atoms with van der Waals surface area (Å²) in [6.45, 7) is 1.66. The maximum Gasteiger partial charge on any atom is 0.326 e. The zero-order chi connectivity index (χ0) is 7.49. The zero-order valence-corrected chi connectivity index (χ0v) is 6.77. The van der Waals surface area contributed by atoms with Crippen LogP contribution in [0.4, 0.5) is 0 Å². The van der Waals surface area contributed by atoms with Crippen LogP contribution in [0.5, 0.6) is 0 Å². The Balaban J connectivity index is 3.75. The van der Waals surface area contributed by atoms with Crippen molar-refractivity contribution in [3.63, 3.8) is 0 Å². The summed E-state index contributed by atoms with van der Waals surface area (Å²) in [6.07, 6.45) is 3.12. The molecule has 9 heavy (non-hydrogen) atoms. The van der Waals surface area contributed by atoms with Gasteiger partial charge in [-0.2, -0.15) is 10.2 Å². The highest BCUT2D eigenvalue weighted by Gasteiger charge is 2.01. The summed E-state index contributed by atoms with van der Waals surface area (Å²) in [5, 5.41) is 0. The van der Waals surface area contributed by atoms with Gasteiger partial charge < -0.3 is 4.18 Å². The third kappa shape index (κ3) is 5.49. The topological polar surface area (TPSA) is 43.4 Å². The van der Waals surface area contributed by atoms with Gasteiger partial charge >= 0.3 is 5.97 Å². The summed E-state index contributed by atoms with van der Waals surface area (Å²) in [4.78, 5) is 10.4. The van der Waals surface area contributed by atoms with Crippen LogP contribution in [0, 0.1) is 0 Å². The van der Waals surface area contributed by atoms with Crippen molar-refractivity contribution < 1.29 is 13.2 Å². The van der Waals surface area contributed by atoms with Gasteiger partial charge in [0.1, 0.15) is 0 Å². The van der Waals surface area contributed by atoms with Gasteiger partial charge in [-0.25, -0.2) is 4.21 Å². The van der Waals surface area contributed by atoms with Crippen LogP contribution in [0.3, 0.4) is 0 Å². The highest BCUT2D eigenvalue weighted by Crippen LogP contribution is 1.97. The van der Waals surface area contributed by atoms with Crippen LogP contribution in [0.15, 0.2) is 0 Å². The molecule has 0 aliphatic carbocycles. The first-order chi connectivity index (χ1) is 3.95. The van der Waals surface area contributed by atoms with Gasteiger partial charge in [-0.1, -0.05) is 6.92 Å². The van der Waals surface area contributed by atoms with Gasteiger partial charge in [-0.05, 0) is 0 Å². The fraction of sp³-hybridized carbons (Fsp3) is 0.800. The van der Waals surface area contributed by atoms with Crippen LogP contribution in [-0.4, -0.2) is 22.7 Å². The number of carbonyl (C=O) groups excluding carboxylic acids is 1. The molecule has 0 aliphatic rings. The Labute approximate surface area is 56.0 Å². The van der Waals surface area contributed by atoms with Crippen molar-refractivity contribution in [1.29, 1.82) is 0 Å². The molecule has 0 spiro atoms. The van der Waals surface area contributed by atoms with Crippen LogP contribution in [0.1, 0.15) is 13.3 Å². The molecule has 0 saturated carbocycles. The van der Waals surface area contributed by atoms with E-state index in [2.05, 4.69) is 4.18 Å². The summed E-state index contributed by atoms with van der Waals surface area (Å²) < 4.78 is 15.2. The van der Waals surface area contributed by atoms with Crippen LogP contribution in [0.25, 0.3) is 0 Å². The molecule has 0 aromatic carbocycles. The van der Waals surface area contributed by atoms with Crippen LogP contribution in [-0.2, 0) is 19.2 Å². The van der Waals surface area contributed by atoms with Gasteiger partial charge in [0.05, 0.1) is 0 Å². The predicted octanol–water partition coefficient (Wildman–Crippen LogP) is 0.131.